The molecule has 0 aromatic carbocycles. The zero-order valence-corrected chi connectivity index (χ0v) is 7.57. The highest BCUT2D eigenvalue weighted by molar-refractivity contribution is 8.14. The number of imide groups is 1. The van der Waals surface area contributed by atoms with Crippen molar-refractivity contribution in [1.29, 1.82) is 0 Å². The van der Waals surface area contributed by atoms with Gasteiger partial charge in [0.05, 0.1) is 5.75 Å². The second-order valence-corrected chi connectivity index (χ2v) is 3.26. The van der Waals surface area contributed by atoms with Gasteiger partial charge in [-0.05, 0) is 0 Å². The number of amides is 4. The molecule has 2 saturated heterocycles. The van der Waals surface area contributed by atoms with Gasteiger partial charge < -0.3 is 10.6 Å². The molecule has 0 aliphatic carbocycles. The van der Waals surface area contributed by atoms with E-state index in [1.54, 1.807) is 0 Å². The van der Waals surface area contributed by atoms with E-state index in [2.05, 4.69) is 16.0 Å². The van der Waals surface area contributed by atoms with Crippen LogP contribution in [-0.2, 0) is 4.79 Å². The molecule has 2 aliphatic rings. The van der Waals surface area contributed by atoms with Gasteiger partial charge in [-0.15, -0.1) is 0 Å². The number of carbonyl (C=O) groups is 3. The minimum Gasteiger partial charge on any atom is -0.336 e. The van der Waals surface area contributed by atoms with Crippen molar-refractivity contribution in [3.63, 3.8) is 0 Å². The Bertz CT molecular complexity index is 221. The van der Waals surface area contributed by atoms with Crippen LogP contribution in [0.5, 0.6) is 0 Å². The second-order valence-electron chi connectivity index (χ2n) is 2.31. The van der Waals surface area contributed by atoms with E-state index in [1.807, 2.05) is 0 Å². The quantitative estimate of drug-likeness (QED) is 0.484. The number of nitrogens with one attached hydrogen (secondary N) is 3. The smallest absolute Gasteiger partial charge is 0.314 e. The third-order valence-electron chi connectivity index (χ3n) is 1.27. The van der Waals surface area contributed by atoms with Gasteiger partial charge in [-0.25, -0.2) is 4.79 Å². The molecule has 7 heteroatoms. The lowest BCUT2D eigenvalue weighted by Gasteiger charge is -1.80. The molecule has 0 spiro atoms. The fraction of sp³-hybridized carbons (Fsp3) is 0.500. The molecule has 0 aromatic rings. The van der Waals surface area contributed by atoms with Crippen LogP contribution in [0.4, 0.5) is 9.59 Å². The summed E-state index contributed by atoms with van der Waals surface area (Å²) in [4.78, 5) is 30.2. The van der Waals surface area contributed by atoms with Crippen LogP contribution in [0.15, 0.2) is 0 Å². The van der Waals surface area contributed by atoms with Gasteiger partial charge in [0.2, 0.25) is 5.91 Å². The van der Waals surface area contributed by atoms with E-state index < -0.39 is 0 Å². The number of rotatable bonds is 0. The van der Waals surface area contributed by atoms with Crippen molar-refractivity contribution in [2.45, 2.75) is 0 Å². The first-order valence-electron chi connectivity index (χ1n) is 3.67. The number of urea groups is 1. The van der Waals surface area contributed by atoms with Crippen LogP contribution in [0.25, 0.3) is 0 Å². The van der Waals surface area contributed by atoms with Crippen LogP contribution in [0.2, 0.25) is 0 Å². The fourth-order valence-corrected chi connectivity index (χ4v) is 1.25. The van der Waals surface area contributed by atoms with E-state index >= 15 is 0 Å². The average molecular weight is 203 g/mol. The van der Waals surface area contributed by atoms with E-state index in [0.717, 1.165) is 24.9 Å². The average Bonchev–Trinajstić information content (AvgIpc) is 2.64. The van der Waals surface area contributed by atoms with Gasteiger partial charge >= 0.3 is 6.03 Å². The van der Waals surface area contributed by atoms with Crippen molar-refractivity contribution < 1.29 is 14.4 Å². The summed E-state index contributed by atoms with van der Waals surface area (Å²) in [5.74, 6) is 0.105. The Hall–Kier alpha value is -1.24. The molecule has 0 bridgehead atoms. The van der Waals surface area contributed by atoms with Crippen molar-refractivity contribution in [2.75, 3.05) is 18.8 Å². The Labute approximate surface area is 78.8 Å². The van der Waals surface area contributed by atoms with Crippen molar-refractivity contribution in [3.05, 3.63) is 0 Å². The largest absolute Gasteiger partial charge is 0.336 e. The molecule has 0 atom stereocenters. The molecular formula is C6H9N3O3S. The highest BCUT2D eigenvalue weighted by atomic mass is 32.2. The van der Waals surface area contributed by atoms with Crippen molar-refractivity contribution in [1.82, 2.24) is 16.0 Å². The van der Waals surface area contributed by atoms with E-state index in [1.165, 1.54) is 0 Å². The van der Waals surface area contributed by atoms with Crippen molar-refractivity contribution in [3.8, 4) is 0 Å². The van der Waals surface area contributed by atoms with Gasteiger partial charge in [-0.3, -0.25) is 14.9 Å². The maximum absolute atomic E-state index is 10.1. The maximum atomic E-state index is 10.1. The lowest BCUT2D eigenvalue weighted by atomic mass is 10.7. The van der Waals surface area contributed by atoms with Crippen LogP contribution in [0.3, 0.4) is 0 Å². The van der Waals surface area contributed by atoms with Crippen LogP contribution in [0.1, 0.15) is 0 Å². The Balaban J connectivity index is 0.000000132. The Kier molecular flexibility index (Phi) is 3.56. The molecule has 3 N–H and O–H groups in total. The molecular weight excluding hydrogens is 194 g/mol. The summed E-state index contributed by atoms with van der Waals surface area (Å²) in [7, 11) is 0. The molecule has 2 rings (SSSR count). The summed E-state index contributed by atoms with van der Waals surface area (Å²) in [6.07, 6.45) is 0. The predicted molar refractivity (Wildman–Crippen MR) is 47.4 cm³/mol. The van der Waals surface area contributed by atoms with E-state index in [-0.39, 0.29) is 17.2 Å². The topological polar surface area (TPSA) is 87.3 Å². The van der Waals surface area contributed by atoms with E-state index in [4.69, 9.17) is 0 Å². The van der Waals surface area contributed by atoms with Crippen LogP contribution >= 0.6 is 11.8 Å². The SMILES string of the molecule is O=C1CSC(=O)N1.O=C1NCCN1. The first-order chi connectivity index (χ1) is 6.18. The van der Waals surface area contributed by atoms with Crippen LogP contribution in [-0.4, -0.2) is 36.0 Å². The Morgan fingerprint density at radius 3 is 1.85 bits per heavy atom. The minimum atomic E-state index is -0.231. The fourth-order valence-electron chi connectivity index (χ4n) is 0.732. The molecule has 72 valence electrons. The van der Waals surface area contributed by atoms with Gasteiger partial charge in [0.25, 0.3) is 5.24 Å². The molecule has 13 heavy (non-hydrogen) atoms. The van der Waals surface area contributed by atoms with Gasteiger partial charge in [0, 0.05) is 13.1 Å². The summed E-state index contributed by atoms with van der Waals surface area (Å²) in [6, 6.07) is -0.0463. The highest BCUT2D eigenvalue weighted by Crippen LogP contribution is 2.06. The number of carbonyl (C=O) groups excluding carboxylic acids is 3. The van der Waals surface area contributed by atoms with Gasteiger partial charge in [0.1, 0.15) is 0 Å². The Morgan fingerprint density at radius 2 is 1.69 bits per heavy atom. The predicted octanol–water partition coefficient (Wildman–Crippen LogP) is -0.731. The monoisotopic (exact) mass is 203 g/mol. The zero-order chi connectivity index (χ0) is 9.68. The summed E-state index contributed by atoms with van der Waals surface area (Å²) in [5, 5.41) is 7.01. The molecule has 0 radical (unpaired) electrons. The third-order valence-corrected chi connectivity index (χ3v) is 2.04. The molecule has 0 unspecified atom stereocenters. The first kappa shape index (κ1) is 9.85. The van der Waals surface area contributed by atoms with Gasteiger partial charge in [-0.1, -0.05) is 11.8 Å². The molecule has 2 fully saturated rings. The lowest BCUT2D eigenvalue weighted by molar-refractivity contribution is -0.117. The normalized spacial score (nSPS) is 19.8. The second kappa shape index (κ2) is 4.70. The number of thioether (sulfide) groups is 1. The molecule has 2 aliphatic heterocycles. The summed E-state index contributed by atoms with van der Waals surface area (Å²) >= 11 is 1.01. The first-order valence-corrected chi connectivity index (χ1v) is 4.65. The van der Waals surface area contributed by atoms with Crippen LogP contribution in [0, 0.1) is 0 Å². The summed E-state index contributed by atoms with van der Waals surface area (Å²) in [6.45, 7) is 1.55. The van der Waals surface area contributed by atoms with Gasteiger partial charge in [-0.2, -0.15) is 0 Å². The molecule has 0 aromatic heterocycles. The minimum absolute atomic E-state index is 0.0463. The molecule has 2 heterocycles. The van der Waals surface area contributed by atoms with E-state index in [0.29, 0.717) is 5.75 Å². The lowest BCUT2D eigenvalue weighted by Crippen LogP contribution is -2.20. The third kappa shape index (κ3) is 3.79. The summed E-state index contributed by atoms with van der Waals surface area (Å²) < 4.78 is 0. The summed E-state index contributed by atoms with van der Waals surface area (Å²) in [5.41, 5.74) is 0. The Morgan fingerprint density at radius 1 is 1.08 bits per heavy atom. The van der Waals surface area contributed by atoms with Crippen molar-refractivity contribution in [2.24, 2.45) is 0 Å². The highest BCUT2D eigenvalue weighted by Gasteiger charge is 2.16. The maximum Gasteiger partial charge on any atom is 0.314 e. The van der Waals surface area contributed by atoms with Gasteiger partial charge in [0.15, 0.2) is 0 Å². The standard InChI is InChI=1S/C3H6N2O.C3H3NO2S/c6-3-4-1-2-5-3;5-2-1-7-3(6)4-2/h1-2H2,(H2,4,5,6);1H2,(H,4,5,6). The van der Waals surface area contributed by atoms with Crippen LogP contribution < -0.4 is 16.0 Å². The van der Waals surface area contributed by atoms with Crippen molar-refractivity contribution >= 4 is 28.9 Å². The van der Waals surface area contributed by atoms with E-state index in [9.17, 15) is 14.4 Å². The zero-order valence-electron chi connectivity index (χ0n) is 6.75. The molecule has 6 nitrogen and oxygen atoms in total. The molecule has 0 saturated carbocycles. The number of hydrogen-bond donors (Lipinski definition) is 3. The number of hydrogen-bond acceptors (Lipinski definition) is 4. The molecule has 4 amide bonds.